The molecule has 0 aliphatic heterocycles. The summed E-state index contributed by atoms with van der Waals surface area (Å²) in [5.74, 6) is -0.959. The van der Waals surface area contributed by atoms with Gasteiger partial charge in [-0.25, -0.2) is 0 Å². The molecule has 0 saturated heterocycles. The number of carboxylic acid groups (broad SMARTS) is 1. The van der Waals surface area contributed by atoms with Gasteiger partial charge in [0.25, 0.3) is 0 Å². The van der Waals surface area contributed by atoms with E-state index in [0.717, 1.165) is 0 Å². The molecule has 4 heteroatoms. The van der Waals surface area contributed by atoms with Crippen LogP contribution in [0.2, 0.25) is 0 Å². The van der Waals surface area contributed by atoms with E-state index in [-0.39, 0.29) is 5.46 Å². The van der Waals surface area contributed by atoms with Crippen molar-refractivity contribution in [3.05, 3.63) is 17.8 Å². The van der Waals surface area contributed by atoms with E-state index in [1.54, 1.807) is 0 Å². The Kier molecular flexibility index (Phi) is 1.16. The van der Waals surface area contributed by atoms with Crippen molar-refractivity contribution < 1.29 is 14.2 Å². The molecule has 0 spiro atoms. The van der Waals surface area contributed by atoms with E-state index in [0.29, 0.717) is 0 Å². The number of hydrogen-bond acceptors (Lipinski definition) is 2. The van der Waals surface area contributed by atoms with E-state index < -0.39 is 5.97 Å². The Labute approximate surface area is 46.2 Å². The van der Waals surface area contributed by atoms with Crippen LogP contribution in [0.15, 0.2) is 16.7 Å². The van der Waals surface area contributed by atoms with Gasteiger partial charge in [-0.15, -0.1) is 0 Å². The van der Waals surface area contributed by atoms with Gasteiger partial charge < -0.3 is 0 Å². The first-order chi connectivity index (χ1) is 3.80. The Morgan fingerprint density at radius 1 is 1.88 bits per heavy atom. The third-order valence-electron chi connectivity index (χ3n) is 0.768. The van der Waals surface area contributed by atoms with Gasteiger partial charge in [0, 0.05) is 0 Å². The van der Waals surface area contributed by atoms with E-state index in [1.165, 1.54) is 19.5 Å². The number of rotatable bonds is 1. The predicted molar refractivity (Wildman–Crippen MR) is 27.0 cm³/mol. The van der Waals surface area contributed by atoms with E-state index in [9.17, 15) is 4.79 Å². The molecule has 0 aromatic carbocycles. The van der Waals surface area contributed by atoms with Crippen LogP contribution in [0.3, 0.4) is 0 Å². The van der Waals surface area contributed by atoms with Crippen LogP contribution in [-0.4, -0.2) is 18.2 Å². The molecule has 3 nitrogen and oxygen atoms in total. The Morgan fingerprint density at radius 2 is 2.62 bits per heavy atom. The third-order valence-corrected chi connectivity index (χ3v) is 0.768. The molecule has 0 radical (unpaired) electrons. The van der Waals surface area contributed by atoms with Crippen LogP contribution in [-0.2, 0) is 0 Å². The molecule has 1 aromatic rings. The molecule has 0 atom stereocenters. The Balaban J connectivity index is 2.93. The Hall–Kier alpha value is -1.06. The standard InChI is InChI=1S/C4H3BO3/c6-4(7)3-1-2-8-5-3/h1-2H,(H,6,7). The van der Waals surface area contributed by atoms with Crippen LogP contribution in [0.4, 0.5) is 0 Å². The molecule has 0 amide bonds. The molecule has 0 aliphatic carbocycles. The second-order valence-corrected chi connectivity index (χ2v) is 1.32. The Bertz CT molecular complexity index is 179. The summed E-state index contributed by atoms with van der Waals surface area (Å²) in [5.41, 5.74) is 0.185. The van der Waals surface area contributed by atoms with Crippen LogP contribution in [0.1, 0.15) is 10.3 Å². The zero-order chi connectivity index (χ0) is 5.98. The van der Waals surface area contributed by atoms with Crippen molar-refractivity contribution in [1.29, 1.82) is 0 Å². The molecule has 40 valence electrons. The molecular weight excluding hydrogens is 107 g/mol. The molecule has 8 heavy (non-hydrogen) atoms. The maximum absolute atomic E-state index is 10.0. The minimum atomic E-state index is -0.959. The molecule has 0 saturated carbocycles. The second-order valence-electron chi connectivity index (χ2n) is 1.32. The first-order valence-corrected chi connectivity index (χ1v) is 2.06. The third kappa shape index (κ3) is 0.778. The summed E-state index contributed by atoms with van der Waals surface area (Å²) in [6.45, 7) is 0. The normalized spacial score (nSPS) is 8.50. The fraction of sp³-hybridized carbons (Fsp3) is 0. The molecule has 0 unspecified atom stereocenters. The summed E-state index contributed by atoms with van der Waals surface area (Å²) in [7, 11) is 1.18. The van der Waals surface area contributed by atoms with Gasteiger partial charge in [0.15, 0.2) is 0 Å². The molecule has 1 aromatic heterocycles. The number of aromatic carboxylic acids is 1. The number of carbonyl (C=O) groups is 1. The van der Waals surface area contributed by atoms with Crippen molar-refractivity contribution in [3.63, 3.8) is 0 Å². The van der Waals surface area contributed by atoms with Crippen molar-refractivity contribution in [2.24, 2.45) is 0 Å². The van der Waals surface area contributed by atoms with Crippen LogP contribution in [0, 0.1) is 0 Å². The summed E-state index contributed by atoms with van der Waals surface area (Å²) in [6, 6.07) is 1.39. The molecule has 1 heterocycles. The summed E-state index contributed by atoms with van der Waals surface area (Å²) >= 11 is 0. The van der Waals surface area contributed by atoms with Gasteiger partial charge in [0.1, 0.15) is 0 Å². The van der Waals surface area contributed by atoms with Crippen molar-refractivity contribution in [1.82, 2.24) is 0 Å². The molecule has 1 N–H and O–H groups in total. The zero-order valence-electron chi connectivity index (χ0n) is 4.00. The topological polar surface area (TPSA) is 50.4 Å². The van der Waals surface area contributed by atoms with Gasteiger partial charge in [-0.05, 0) is 0 Å². The van der Waals surface area contributed by atoms with Crippen molar-refractivity contribution in [3.8, 4) is 0 Å². The number of carboxylic acids is 1. The molecule has 0 bridgehead atoms. The van der Waals surface area contributed by atoms with Crippen molar-refractivity contribution in [2.45, 2.75) is 0 Å². The van der Waals surface area contributed by atoms with Crippen molar-refractivity contribution >= 4 is 13.1 Å². The SMILES string of the molecule is O=C(O)c1bocc1. The maximum atomic E-state index is 10.0. The molecule has 0 fully saturated rings. The molecule has 1 rings (SSSR count). The van der Waals surface area contributed by atoms with E-state index in [2.05, 4.69) is 4.33 Å². The van der Waals surface area contributed by atoms with Gasteiger partial charge in [-0.1, -0.05) is 0 Å². The summed E-state index contributed by atoms with van der Waals surface area (Å²) in [6.07, 6.45) is 1.32. The van der Waals surface area contributed by atoms with Crippen LogP contribution < -0.4 is 0 Å². The van der Waals surface area contributed by atoms with E-state index in [4.69, 9.17) is 5.11 Å². The van der Waals surface area contributed by atoms with Gasteiger partial charge in [-0.2, -0.15) is 0 Å². The van der Waals surface area contributed by atoms with E-state index >= 15 is 0 Å². The first kappa shape index (κ1) is 5.09. The summed E-state index contributed by atoms with van der Waals surface area (Å²) < 4.78 is 4.49. The average Bonchev–Trinajstić information content (AvgIpc) is 2.12. The molecular formula is C4H3BO3. The Morgan fingerprint density at radius 3 is 2.88 bits per heavy atom. The second kappa shape index (κ2) is 1.82. The van der Waals surface area contributed by atoms with Gasteiger partial charge in [-0.3, -0.25) is 0 Å². The monoisotopic (exact) mass is 110 g/mol. The number of hydrogen-bond donors (Lipinski definition) is 1. The quantitative estimate of drug-likeness (QED) is 0.566. The van der Waals surface area contributed by atoms with Gasteiger partial charge in [0.2, 0.25) is 0 Å². The fourth-order valence-electron chi connectivity index (χ4n) is 0.386. The van der Waals surface area contributed by atoms with Gasteiger partial charge >= 0.3 is 45.1 Å². The summed E-state index contributed by atoms with van der Waals surface area (Å²) in [5, 5.41) is 8.21. The average molecular weight is 110 g/mol. The van der Waals surface area contributed by atoms with Crippen LogP contribution in [0.25, 0.3) is 0 Å². The first-order valence-electron chi connectivity index (χ1n) is 2.06. The van der Waals surface area contributed by atoms with Crippen LogP contribution >= 0.6 is 0 Å². The predicted octanol–water partition coefficient (Wildman–Crippen LogP) is 0.316. The van der Waals surface area contributed by atoms with Gasteiger partial charge in [0.05, 0.1) is 0 Å². The molecule has 0 aliphatic rings. The van der Waals surface area contributed by atoms with Crippen molar-refractivity contribution in [2.75, 3.05) is 0 Å². The fourth-order valence-corrected chi connectivity index (χ4v) is 0.386. The van der Waals surface area contributed by atoms with Crippen LogP contribution in [0.5, 0.6) is 0 Å². The summed E-state index contributed by atoms with van der Waals surface area (Å²) in [4.78, 5) is 10.0. The minimum absolute atomic E-state index is 0.185. The van der Waals surface area contributed by atoms with E-state index in [1.807, 2.05) is 0 Å². The zero-order valence-corrected chi connectivity index (χ0v) is 4.00.